The van der Waals surface area contributed by atoms with Crippen molar-refractivity contribution in [3.05, 3.63) is 42.0 Å². The fourth-order valence-electron chi connectivity index (χ4n) is 4.44. The number of nitrogens with zero attached hydrogens (tertiary/aromatic N) is 1. The van der Waals surface area contributed by atoms with Gasteiger partial charge in [0.2, 0.25) is 17.7 Å². The van der Waals surface area contributed by atoms with E-state index in [9.17, 15) is 14.4 Å². The van der Waals surface area contributed by atoms with Gasteiger partial charge in [0, 0.05) is 5.69 Å². The number of benzene rings is 1. The van der Waals surface area contributed by atoms with Crippen molar-refractivity contribution in [1.29, 1.82) is 0 Å². The number of imide groups is 1. The molecule has 3 aliphatic rings. The Morgan fingerprint density at radius 2 is 1.80 bits per heavy atom. The number of fused-ring (bicyclic) bond motifs is 5. The maximum absolute atomic E-state index is 12.6. The molecule has 1 saturated carbocycles. The molecule has 3 amide bonds. The van der Waals surface area contributed by atoms with E-state index in [1.165, 1.54) is 0 Å². The molecule has 4 unspecified atom stereocenters. The Bertz CT molecular complexity index is 753. The van der Waals surface area contributed by atoms with Crippen molar-refractivity contribution in [3.63, 3.8) is 0 Å². The molecule has 4 atom stereocenters. The van der Waals surface area contributed by atoms with Crippen LogP contribution in [0.2, 0.25) is 0 Å². The lowest BCUT2D eigenvalue weighted by Gasteiger charge is -2.17. The summed E-state index contributed by atoms with van der Waals surface area (Å²) in [6.07, 6.45) is 5.00. The van der Waals surface area contributed by atoms with E-state index < -0.39 is 0 Å². The van der Waals surface area contributed by atoms with Crippen molar-refractivity contribution in [2.75, 3.05) is 11.9 Å². The van der Waals surface area contributed by atoms with Crippen LogP contribution in [-0.4, -0.2) is 29.2 Å². The van der Waals surface area contributed by atoms with Gasteiger partial charge in [-0.15, -0.1) is 0 Å². The lowest BCUT2D eigenvalue weighted by Crippen LogP contribution is -2.39. The van der Waals surface area contributed by atoms with Gasteiger partial charge in [-0.1, -0.05) is 38.1 Å². The Hall–Kier alpha value is -2.43. The lowest BCUT2D eigenvalue weighted by molar-refractivity contribution is -0.143. The predicted molar refractivity (Wildman–Crippen MR) is 93.6 cm³/mol. The zero-order chi connectivity index (χ0) is 17.7. The summed E-state index contributed by atoms with van der Waals surface area (Å²) >= 11 is 0. The molecule has 0 radical (unpaired) electrons. The molecule has 130 valence electrons. The van der Waals surface area contributed by atoms with E-state index in [1.54, 1.807) is 0 Å². The zero-order valence-electron chi connectivity index (χ0n) is 14.4. The van der Waals surface area contributed by atoms with Crippen LogP contribution in [-0.2, 0) is 14.4 Å². The quantitative estimate of drug-likeness (QED) is 0.678. The molecule has 1 aromatic carbocycles. The van der Waals surface area contributed by atoms with Gasteiger partial charge in [0.1, 0.15) is 6.54 Å². The summed E-state index contributed by atoms with van der Waals surface area (Å²) < 4.78 is 0. The van der Waals surface area contributed by atoms with E-state index in [0.717, 1.165) is 16.9 Å². The first kappa shape index (κ1) is 16.1. The van der Waals surface area contributed by atoms with Gasteiger partial charge in [0.25, 0.3) is 0 Å². The van der Waals surface area contributed by atoms with E-state index in [2.05, 4.69) is 31.3 Å². The smallest absolute Gasteiger partial charge is 0.244 e. The number of allylic oxidation sites excluding steroid dienone is 2. The average molecular weight is 338 g/mol. The Kier molecular flexibility index (Phi) is 3.74. The standard InChI is InChI=1S/C20H22N2O3/c1-11(2)12-4-3-5-15(9-12)21-16(23)10-22-19(24)17-13-6-7-14(8-13)18(17)20(22)25/h3-7,9,11,13-14,17-18H,8,10H2,1-2H3,(H,21,23). The average Bonchev–Trinajstić information content (AvgIpc) is 3.25. The summed E-state index contributed by atoms with van der Waals surface area (Å²) in [4.78, 5) is 38.7. The summed E-state index contributed by atoms with van der Waals surface area (Å²) in [6, 6.07) is 7.65. The van der Waals surface area contributed by atoms with Crippen LogP contribution in [0.25, 0.3) is 0 Å². The van der Waals surface area contributed by atoms with Gasteiger partial charge in [0.15, 0.2) is 0 Å². The highest BCUT2D eigenvalue weighted by Crippen LogP contribution is 2.52. The SMILES string of the molecule is CC(C)c1cccc(NC(=O)CN2C(=O)C3C4C=CC(C4)C3C2=O)c1. The molecule has 25 heavy (non-hydrogen) atoms. The van der Waals surface area contributed by atoms with Crippen LogP contribution in [0.3, 0.4) is 0 Å². The van der Waals surface area contributed by atoms with Gasteiger partial charge >= 0.3 is 0 Å². The van der Waals surface area contributed by atoms with Gasteiger partial charge < -0.3 is 5.32 Å². The van der Waals surface area contributed by atoms with Crippen molar-refractivity contribution in [3.8, 4) is 0 Å². The third-order valence-corrected chi connectivity index (χ3v) is 5.70. The minimum Gasteiger partial charge on any atom is -0.325 e. The molecule has 1 heterocycles. The second-order valence-corrected chi connectivity index (χ2v) is 7.59. The summed E-state index contributed by atoms with van der Waals surface area (Å²) in [7, 11) is 0. The largest absolute Gasteiger partial charge is 0.325 e. The molecule has 0 spiro atoms. The number of carbonyl (C=O) groups is 3. The first-order chi connectivity index (χ1) is 12.0. The van der Waals surface area contributed by atoms with E-state index in [0.29, 0.717) is 11.6 Å². The first-order valence-corrected chi connectivity index (χ1v) is 8.89. The fraction of sp³-hybridized carbons (Fsp3) is 0.450. The Morgan fingerprint density at radius 1 is 1.16 bits per heavy atom. The maximum Gasteiger partial charge on any atom is 0.244 e. The number of anilines is 1. The van der Waals surface area contributed by atoms with Crippen molar-refractivity contribution in [2.45, 2.75) is 26.2 Å². The highest BCUT2D eigenvalue weighted by atomic mass is 16.2. The van der Waals surface area contributed by atoms with Gasteiger partial charge in [-0.2, -0.15) is 0 Å². The third-order valence-electron chi connectivity index (χ3n) is 5.70. The van der Waals surface area contributed by atoms with Crippen LogP contribution in [0.15, 0.2) is 36.4 Å². The van der Waals surface area contributed by atoms with Crippen molar-refractivity contribution in [1.82, 2.24) is 4.90 Å². The van der Waals surface area contributed by atoms with E-state index in [1.807, 2.05) is 24.3 Å². The van der Waals surface area contributed by atoms with Crippen LogP contribution < -0.4 is 5.32 Å². The van der Waals surface area contributed by atoms with E-state index in [-0.39, 0.29) is 47.9 Å². The normalized spacial score (nSPS) is 29.6. The molecule has 2 fully saturated rings. The van der Waals surface area contributed by atoms with Crippen molar-refractivity contribution < 1.29 is 14.4 Å². The number of hydrogen-bond acceptors (Lipinski definition) is 3. The first-order valence-electron chi connectivity index (χ1n) is 8.89. The molecule has 4 rings (SSSR count). The number of hydrogen-bond donors (Lipinski definition) is 1. The number of rotatable bonds is 4. The monoisotopic (exact) mass is 338 g/mol. The molecule has 2 bridgehead atoms. The van der Waals surface area contributed by atoms with Crippen LogP contribution in [0.4, 0.5) is 5.69 Å². The molecule has 1 aromatic rings. The predicted octanol–water partition coefficient (Wildman–Crippen LogP) is 2.56. The van der Waals surface area contributed by atoms with Crippen molar-refractivity contribution >= 4 is 23.4 Å². The molecular weight excluding hydrogens is 316 g/mol. The minimum atomic E-state index is -0.331. The molecule has 1 saturated heterocycles. The second-order valence-electron chi connectivity index (χ2n) is 7.59. The topological polar surface area (TPSA) is 66.5 Å². The fourth-order valence-corrected chi connectivity index (χ4v) is 4.44. The Morgan fingerprint density at radius 3 is 2.40 bits per heavy atom. The van der Waals surface area contributed by atoms with Crippen molar-refractivity contribution in [2.24, 2.45) is 23.7 Å². The summed E-state index contributed by atoms with van der Waals surface area (Å²) in [5, 5.41) is 2.81. The van der Waals surface area contributed by atoms with Gasteiger partial charge in [0.05, 0.1) is 11.8 Å². The van der Waals surface area contributed by atoms with E-state index >= 15 is 0 Å². The summed E-state index contributed by atoms with van der Waals surface area (Å²) in [5.41, 5.74) is 1.82. The highest BCUT2D eigenvalue weighted by Gasteiger charge is 2.59. The van der Waals surface area contributed by atoms with Crippen LogP contribution >= 0.6 is 0 Å². The van der Waals surface area contributed by atoms with Crippen LogP contribution in [0, 0.1) is 23.7 Å². The zero-order valence-corrected chi connectivity index (χ0v) is 14.4. The molecule has 5 heteroatoms. The van der Waals surface area contributed by atoms with Crippen LogP contribution in [0.1, 0.15) is 31.7 Å². The summed E-state index contributed by atoms with van der Waals surface area (Å²) in [5.74, 6) is -0.497. The van der Waals surface area contributed by atoms with Gasteiger partial charge in [-0.3, -0.25) is 19.3 Å². The van der Waals surface area contributed by atoms with Crippen LogP contribution in [0.5, 0.6) is 0 Å². The number of nitrogens with one attached hydrogen (secondary N) is 1. The Labute approximate surface area is 147 Å². The van der Waals surface area contributed by atoms with Gasteiger partial charge in [-0.25, -0.2) is 0 Å². The molecule has 0 aromatic heterocycles. The molecule has 1 aliphatic heterocycles. The van der Waals surface area contributed by atoms with Gasteiger partial charge in [-0.05, 0) is 41.9 Å². The summed E-state index contributed by atoms with van der Waals surface area (Å²) in [6.45, 7) is 3.98. The molecule has 2 aliphatic carbocycles. The van der Waals surface area contributed by atoms with E-state index in [4.69, 9.17) is 0 Å². The number of amides is 3. The Balaban J connectivity index is 1.44. The maximum atomic E-state index is 12.6. The third kappa shape index (κ3) is 2.58. The lowest BCUT2D eigenvalue weighted by atomic mass is 9.85. The number of carbonyl (C=O) groups excluding carboxylic acids is 3. The minimum absolute atomic E-state index is 0.169. The molecule has 1 N–H and O–H groups in total. The number of likely N-dealkylation sites (tertiary alicyclic amines) is 1. The second kappa shape index (κ2) is 5.83. The molecule has 5 nitrogen and oxygen atoms in total. The molecular formula is C20H22N2O3. The highest BCUT2D eigenvalue weighted by molar-refractivity contribution is 6.09.